The third-order valence-electron chi connectivity index (χ3n) is 8.22. The van der Waals surface area contributed by atoms with E-state index in [0.717, 1.165) is 5.56 Å². The zero-order chi connectivity index (χ0) is 36.5. The second kappa shape index (κ2) is 16.9. The van der Waals surface area contributed by atoms with E-state index < -0.39 is 35.7 Å². The average Bonchev–Trinajstić information content (AvgIpc) is 3.47. The number of aliphatic hydroxyl groups excluding tert-OH is 2. The van der Waals surface area contributed by atoms with E-state index in [1.807, 2.05) is 44.2 Å². The molecule has 0 radical (unpaired) electrons. The molecule has 2 atom stereocenters. The number of methoxy groups -OCH3 is 1. The number of amides is 1. The first-order chi connectivity index (χ1) is 24.5. The highest BCUT2D eigenvalue weighted by atomic mass is 19.1. The summed E-state index contributed by atoms with van der Waals surface area (Å²) in [5.74, 6) is -1.36. The van der Waals surface area contributed by atoms with Gasteiger partial charge in [0, 0.05) is 35.0 Å². The van der Waals surface area contributed by atoms with Crippen LogP contribution in [0.2, 0.25) is 0 Å². The highest BCUT2D eigenvalue weighted by Crippen LogP contribution is 2.43. The molecule has 0 aliphatic rings. The first-order valence-corrected chi connectivity index (χ1v) is 16.5. The maximum atomic E-state index is 14.4. The van der Waals surface area contributed by atoms with Crippen LogP contribution in [-0.4, -0.2) is 46.0 Å². The number of carbonyl (C=O) groups is 2. The highest BCUT2D eigenvalue weighted by molar-refractivity contribution is 6.12. The minimum atomic E-state index is -1.17. The van der Waals surface area contributed by atoms with Gasteiger partial charge in [0.05, 0.1) is 25.7 Å². The van der Waals surface area contributed by atoms with Crippen molar-refractivity contribution in [2.24, 2.45) is 0 Å². The van der Waals surface area contributed by atoms with Crippen molar-refractivity contribution in [2.75, 3.05) is 12.4 Å². The van der Waals surface area contributed by atoms with Gasteiger partial charge in [-0.2, -0.15) is 0 Å². The van der Waals surface area contributed by atoms with Crippen molar-refractivity contribution in [2.45, 2.75) is 51.5 Å². The number of halogens is 2. The van der Waals surface area contributed by atoms with Crippen LogP contribution < -0.4 is 10.1 Å². The lowest BCUT2D eigenvalue weighted by Crippen LogP contribution is -2.20. The van der Waals surface area contributed by atoms with E-state index >= 15 is 0 Å². The molecule has 0 aliphatic carbocycles. The highest BCUT2D eigenvalue weighted by Gasteiger charge is 2.30. The zero-order valence-corrected chi connectivity index (χ0v) is 28.6. The van der Waals surface area contributed by atoms with Gasteiger partial charge in [0.15, 0.2) is 0 Å². The van der Waals surface area contributed by atoms with Crippen molar-refractivity contribution in [1.82, 2.24) is 4.57 Å². The van der Waals surface area contributed by atoms with Crippen LogP contribution in [0.4, 0.5) is 14.5 Å². The molecule has 0 saturated carbocycles. The Hall–Kier alpha value is -5.58. The average molecular weight is 695 g/mol. The molecule has 10 heteroatoms. The summed E-state index contributed by atoms with van der Waals surface area (Å²) in [4.78, 5) is 26.1. The van der Waals surface area contributed by atoms with E-state index in [4.69, 9.17) is 4.74 Å². The second-order valence-electron chi connectivity index (χ2n) is 12.3. The van der Waals surface area contributed by atoms with Crippen molar-refractivity contribution in [3.63, 3.8) is 0 Å². The summed E-state index contributed by atoms with van der Waals surface area (Å²) >= 11 is 0. The molecule has 264 valence electrons. The van der Waals surface area contributed by atoms with Crippen molar-refractivity contribution in [1.29, 1.82) is 0 Å². The Balaban J connectivity index is 1.58. The monoisotopic (exact) mass is 694 g/mol. The van der Waals surface area contributed by atoms with Crippen molar-refractivity contribution in [3.05, 3.63) is 138 Å². The van der Waals surface area contributed by atoms with E-state index in [1.165, 1.54) is 37.5 Å². The van der Waals surface area contributed by atoms with Crippen molar-refractivity contribution < 1.29 is 38.1 Å². The van der Waals surface area contributed by atoms with Gasteiger partial charge < -0.3 is 29.6 Å². The molecule has 4 aromatic carbocycles. The smallest absolute Gasteiger partial charge is 0.308 e. The standard InChI is InChI=1S/C41H40F2N2O6/c1-26(2)45-36(22-19-33(46)23-34(47)24-37(48)50-3)38(28-9-13-30(42)14-10-28)39(29-11-15-31(43)16-12-29)40(45)41(49)44-32-17-20-35(21-18-32)51-25-27-7-5-4-6-8-27/h4-22,26,33-34,46-47H,23-25H2,1-3H3,(H,44,49)/t33-,34-/m1/s1. The lowest BCUT2D eigenvalue weighted by atomic mass is 9.94. The van der Waals surface area contributed by atoms with Crippen LogP contribution in [0.1, 0.15) is 54.5 Å². The number of hydrogen-bond acceptors (Lipinski definition) is 6. The van der Waals surface area contributed by atoms with Crippen LogP contribution in [0.3, 0.4) is 0 Å². The molecule has 5 rings (SSSR count). The SMILES string of the molecule is COC(=O)C[C@H](O)C[C@H](O)C=Cc1c(-c2ccc(F)cc2)c(-c2ccc(F)cc2)c(C(=O)Nc2ccc(OCc3ccccc3)cc2)n1C(C)C. The Morgan fingerprint density at radius 2 is 1.41 bits per heavy atom. The fourth-order valence-electron chi connectivity index (χ4n) is 5.82. The van der Waals surface area contributed by atoms with Gasteiger partial charge in [-0.3, -0.25) is 9.59 Å². The fourth-order valence-corrected chi connectivity index (χ4v) is 5.82. The Kier molecular flexibility index (Phi) is 12.2. The molecular formula is C41H40F2N2O6. The first-order valence-electron chi connectivity index (χ1n) is 16.5. The predicted octanol–water partition coefficient (Wildman–Crippen LogP) is 8.20. The van der Waals surface area contributed by atoms with Crippen LogP contribution in [0.15, 0.2) is 109 Å². The molecule has 5 aromatic rings. The van der Waals surface area contributed by atoms with Gasteiger partial charge in [0.25, 0.3) is 5.91 Å². The molecule has 0 fully saturated rings. The number of hydrogen-bond donors (Lipinski definition) is 3. The molecule has 1 aromatic heterocycles. The van der Waals surface area contributed by atoms with Gasteiger partial charge in [0.2, 0.25) is 0 Å². The topological polar surface area (TPSA) is 110 Å². The van der Waals surface area contributed by atoms with E-state index in [9.17, 15) is 28.6 Å². The van der Waals surface area contributed by atoms with Crippen molar-refractivity contribution in [3.8, 4) is 28.0 Å². The second-order valence-corrected chi connectivity index (χ2v) is 12.3. The van der Waals surface area contributed by atoms with Crippen LogP contribution in [0, 0.1) is 11.6 Å². The minimum absolute atomic E-state index is 0.150. The molecule has 0 unspecified atom stereocenters. The fraction of sp³-hybridized carbons (Fsp3) is 0.220. The van der Waals surface area contributed by atoms with Crippen LogP contribution >= 0.6 is 0 Å². The summed E-state index contributed by atoms with van der Waals surface area (Å²) < 4.78 is 40.7. The number of rotatable bonds is 14. The van der Waals surface area contributed by atoms with Crippen LogP contribution in [0.25, 0.3) is 28.3 Å². The summed E-state index contributed by atoms with van der Waals surface area (Å²) in [6, 6.07) is 28.0. The number of esters is 1. The summed E-state index contributed by atoms with van der Waals surface area (Å²) in [5.41, 5.74) is 4.40. The molecule has 0 saturated heterocycles. The van der Waals surface area contributed by atoms with E-state index in [2.05, 4.69) is 10.1 Å². The Labute approximate surface area is 295 Å². The van der Waals surface area contributed by atoms with Gasteiger partial charge >= 0.3 is 5.97 Å². The molecule has 0 bridgehead atoms. The van der Waals surface area contributed by atoms with E-state index in [1.54, 1.807) is 59.2 Å². The maximum absolute atomic E-state index is 14.4. The number of benzene rings is 4. The molecule has 0 aliphatic heterocycles. The summed E-state index contributed by atoms with van der Waals surface area (Å²) in [5, 5.41) is 24.2. The molecule has 51 heavy (non-hydrogen) atoms. The minimum Gasteiger partial charge on any atom is -0.489 e. The molecule has 0 spiro atoms. The normalized spacial score (nSPS) is 12.5. The molecule has 3 N–H and O–H groups in total. The number of nitrogens with one attached hydrogen (secondary N) is 1. The molecule has 1 heterocycles. The summed E-state index contributed by atoms with van der Waals surface area (Å²) in [7, 11) is 1.21. The summed E-state index contributed by atoms with van der Waals surface area (Å²) in [6.07, 6.45) is 0.336. The van der Waals surface area contributed by atoms with Gasteiger partial charge in [-0.05, 0) is 85.1 Å². The number of nitrogens with zero attached hydrogens (tertiary/aromatic N) is 1. The first kappa shape index (κ1) is 36.7. The number of aliphatic hydroxyl groups is 2. The largest absolute Gasteiger partial charge is 0.489 e. The molecule has 1 amide bonds. The number of aromatic nitrogens is 1. The van der Waals surface area contributed by atoms with E-state index in [-0.39, 0.29) is 24.6 Å². The quantitative estimate of drug-likeness (QED) is 0.101. The zero-order valence-electron chi connectivity index (χ0n) is 28.6. The van der Waals surface area contributed by atoms with E-state index in [0.29, 0.717) is 46.0 Å². The van der Waals surface area contributed by atoms with Gasteiger partial charge in [-0.25, -0.2) is 8.78 Å². The van der Waals surface area contributed by atoms with Gasteiger partial charge in [0.1, 0.15) is 29.7 Å². The summed E-state index contributed by atoms with van der Waals surface area (Å²) in [6.45, 7) is 4.18. The predicted molar refractivity (Wildman–Crippen MR) is 193 cm³/mol. The number of carbonyl (C=O) groups excluding carboxylic acids is 2. The molecule has 8 nitrogen and oxygen atoms in total. The third-order valence-corrected chi connectivity index (χ3v) is 8.22. The lowest BCUT2D eigenvalue weighted by Gasteiger charge is -2.17. The Bertz CT molecular complexity index is 1960. The lowest BCUT2D eigenvalue weighted by molar-refractivity contribution is -0.143. The number of ether oxygens (including phenoxy) is 2. The van der Waals surface area contributed by atoms with Gasteiger partial charge in [-0.1, -0.05) is 60.7 Å². The Morgan fingerprint density at radius 3 is 1.98 bits per heavy atom. The van der Waals surface area contributed by atoms with Gasteiger partial charge in [-0.15, -0.1) is 0 Å². The molecular weight excluding hydrogens is 654 g/mol. The maximum Gasteiger partial charge on any atom is 0.308 e. The van der Waals surface area contributed by atoms with Crippen LogP contribution in [0.5, 0.6) is 5.75 Å². The third kappa shape index (κ3) is 9.36. The Morgan fingerprint density at radius 1 is 0.824 bits per heavy atom. The van der Waals surface area contributed by atoms with Crippen molar-refractivity contribution >= 4 is 23.6 Å². The van der Waals surface area contributed by atoms with Crippen LogP contribution in [-0.2, 0) is 16.1 Å². The number of anilines is 1.